The van der Waals surface area contributed by atoms with Crippen molar-refractivity contribution >= 4 is 32.6 Å². The quantitative estimate of drug-likeness (QED) is 0.257. The van der Waals surface area contributed by atoms with Gasteiger partial charge in [-0.05, 0) is 48.0 Å². The number of benzene rings is 3. The number of fused-ring (bicyclic) bond motifs is 1. The average Bonchev–Trinajstić information content (AvgIpc) is 2.91. The Morgan fingerprint density at radius 3 is 2.31 bits per heavy atom. The largest absolute Gasteiger partial charge is 0.480 e. The number of nitrogen functional groups attached to an aromatic ring is 1. The average molecular weight is 604 g/mol. The van der Waals surface area contributed by atoms with Gasteiger partial charge in [-0.25, -0.2) is 31.7 Å². The Bertz CT molecular complexity index is 2010. The Balaban J connectivity index is 1.64. The van der Waals surface area contributed by atoms with Crippen LogP contribution in [0.1, 0.15) is 5.56 Å². The smallest absolute Gasteiger partial charge is 0.418 e. The molecule has 216 valence electrons. The maximum absolute atomic E-state index is 13.7. The van der Waals surface area contributed by atoms with Gasteiger partial charge in [0.05, 0.1) is 35.0 Å². The maximum atomic E-state index is 13.7. The molecule has 0 radical (unpaired) electrons. The molecule has 2 aromatic heterocycles. The van der Waals surface area contributed by atoms with Crippen molar-refractivity contribution in [3.05, 3.63) is 100 Å². The summed E-state index contributed by atoms with van der Waals surface area (Å²) in [6, 6.07) is 11.8. The number of alkyl halides is 3. The van der Waals surface area contributed by atoms with E-state index >= 15 is 0 Å². The monoisotopic (exact) mass is 603 g/mol. The molecule has 3 aromatic carbocycles. The van der Waals surface area contributed by atoms with E-state index in [0.29, 0.717) is 10.6 Å². The van der Waals surface area contributed by atoms with Crippen molar-refractivity contribution in [1.29, 1.82) is 0 Å². The summed E-state index contributed by atoms with van der Waals surface area (Å²) in [6.07, 6.45) is -3.55. The van der Waals surface area contributed by atoms with Gasteiger partial charge in [0.25, 0.3) is 15.6 Å². The van der Waals surface area contributed by atoms with E-state index in [-0.39, 0.29) is 27.9 Å². The Morgan fingerprint density at radius 1 is 0.952 bits per heavy atom. The third-order valence-electron chi connectivity index (χ3n) is 6.09. The van der Waals surface area contributed by atoms with Crippen molar-refractivity contribution in [3.8, 4) is 22.7 Å². The fourth-order valence-electron chi connectivity index (χ4n) is 4.28. The van der Waals surface area contributed by atoms with Crippen molar-refractivity contribution in [2.45, 2.75) is 11.1 Å². The molecule has 15 heteroatoms. The predicted octanol–water partition coefficient (Wildman–Crippen LogP) is 5.14. The molecule has 0 amide bonds. The lowest BCUT2D eigenvalue weighted by atomic mass is 10.1. The SMILES string of the molecule is COc1ncc(-c2ccc3nc(N)n(-c4ccccc4C(F)(F)F)c(=O)c3c2)cc1S(=O)(=O)Nc1cc(F)cc(F)c1. The first-order chi connectivity index (χ1) is 19.8. The van der Waals surface area contributed by atoms with Crippen molar-refractivity contribution in [2.24, 2.45) is 0 Å². The molecule has 0 saturated carbocycles. The van der Waals surface area contributed by atoms with Crippen LogP contribution in [-0.4, -0.2) is 30.1 Å². The molecule has 0 aliphatic heterocycles. The molecule has 5 aromatic rings. The highest BCUT2D eigenvalue weighted by atomic mass is 32.2. The first-order valence-corrected chi connectivity index (χ1v) is 13.3. The summed E-state index contributed by atoms with van der Waals surface area (Å²) in [5, 5.41) is -0.118. The Kier molecular flexibility index (Phi) is 7.06. The predicted molar refractivity (Wildman–Crippen MR) is 144 cm³/mol. The second kappa shape index (κ2) is 10.4. The normalized spacial score (nSPS) is 12.0. The van der Waals surface area contributed by atoms with E-state index in [1.165, 1.54) is 36.5 Å². The van der Waals surface area contributed by atoms with Gasteiger partial charge in [-0.3, -0.25) is 9.52 Å². The molecule has 0 fully saturated rings. The Morgan fingerprint density at radius 2 is 1.64 bits per heavy atom. The Labute approximate surface area is 234 Å². The van der Waals surface area contributed by atoms with Crippen LogP contribution in [0.3, 0.4) is 0 Å². The Hall–Kier alpha value is -5.05. The zero-order valence-corrected chi connectivity index (χ0v) is 22.1. The van der Waals surface area contributed by atoms with Crippen LogP contribution in [-0.2, 0) is 16.2 Å². The summed E-state index contributed by atoms with van der Waals surface area (Å²) in [7, 11) is -3.35. The van der Waals surface area contributed by atoms with Crippen LogP contribution < -0.4 is 20.8 Å². The number of para-hydroxylation sites is 1. The van der Waals surface area contributed by atoms with Gasteiger partial charge in [0.15, 0.2) is 0 Å². The molecule has 0 unspecified atom stereocenters. The minimum absolute atomic E-state index is 0.0751. The number of hydrogen-bond donors (Lipinski definition) is 2. The number of nitrogens with one attached hydrogen (secondary N) is 1. The zero-order chi connectivity index (χ0) is 30.4. The first-order valence-electron chi connectivity index (χ1n) is 11.8. The molecule has 0 bridgehead atoms. The number of methoxy groups -OCH3 is 1. The summed E-state index contributed by atoms with van der Waals surface area (Å²) in [6.45, 7) is 0. The van der Waals surface area contributed by atoms with E-state index in [1.54, 1.807) is 0 Å². The third-order valence-corrected chi connectivity index (χ3v) is 7.47. The number of nitrogens with two attached hydrogens (primary N) is 1. The highest BCUT2D eigenvalue weighted by Gasteiger charge is 2.34. The lowest BCUT2D eigenvalue weighted by Gasteiger charge is -2.16. The van der Waals surface area contributed by atoms with Crippen LogP contribution in [0.5, 0.6) is 5.88 Å². The first kappa shape index (κ1) is 28.5. The van der Waals surface area contributed by atoms with Gasteiger partial charge in [-0.2, -0.15) is 13.2 Å². The van der Waals surface area contributed by atoms with Gasteiger partial charge in [0, 0.05) is 17.8 Å². The van der Waals surface area contributed by atoms with Gasteiger partial charge in [0.1, 0.15) is 16.5 Å². The van der Waals surface area contributed by atoms with Crippen LogP contribution >= 0.6 is 0 Å². The molecular formula is C27H18F5N5O4S. The van der Waals surface area contributed by atoms with Crippen LogP contribution in [0.15, 0.2) is 82.6 Å². The second-order valence-electron chi connectivity index (χ2n) is 8.85. The molecular weight excluding hydrogens is 585 g/mol. The highest BCUT2D eigenvalue weighted by Crippen LogP contribution is 2.35. The molecule has 42 heavy (non-hydrogen) atoms. The zero-order valence-electron chi connectivity index (χ0n) is 21.3. The number of anilines is 2. The van der Waals surface area contributed by atoms with Crippen LogP contribution in [0, 0.1) is 11.6 Å². The fourth-order valence-corrected chi connectivity index (χ4v) is 5.47. The van der Waals surface area contributed by atoms with Gasteiger partial charge < -0.3 is 10.5 Å². The number of sulfonamides is 1. The topological polar surface area (TPSA) is 129 Å². The number of rotatable bonds is 6. The second-order valence-corrected chi connectivity index (χ2v) is 10.5. The van der Waals surface area contributed by atoms with Gasteiger partial charge >= 0.3 is 6.18 Å². The molecule has 0 aliphatic carbocycles. The standard InChI is InChI=1S/C27H18F5N5O4S/c1-41-24-23(42(39,40)36-18-11-16(28)10-17(29)12-18)9-15(13-34-24)14-6-7-21-19(8-14)25(38)37(26(33)35-21)22-5-3-2-4-20(22)27(30,31)32/h2-13,36H,1H3,(H2,33,35). The maximum Gasteiger partial charge on any atom is 0.418 e. The van der Waals surface area contributed by atoms with Crippen LogP contribution in [0.2, 0.25) is 0 Å². The molecule has 0 atom stereocenters. The number of nitrogens with zero attached hydrogens (tertiary/aromatic N) is 3. The summed E-state index contributed by atoms with van der Waals surface area (Å²) in [4.78, 5) is 21.1. The number of hydrogen-bond acceptors (Lipinski definition) is 7. The summed E-state index contributed by atoms with van der Waals surface area (Å²) >= 11 is 0. The molecule has 9 nitrogen and oxygen atoms in total. The highest BCUT2D eigenvalue weighted by molar-refractivity contribution is 7.92. The van der Waals surface area contributed by atoms with E-state index < -0.39 is 61.2 Å². The van der Waals surface area contributed by atoms with E-state index in [4.69, 9.17) is 10.5 Å². The molecule has 2 heterocycles. The summed E-state index contributed by atoms with van der Waals surface area (Å²) in [5.74, 6) is -2.85. The minimum Gasteiger partial charge on any atom is -0.480 e. The number of pyridine rings is 1. The van der Waals surface area contributed by atoms with Crippen molar-refractivity contribution < 1.29 is 35.1 Å². The molecule has 0 saturated heterocycles. The lowest BCUT2D eigenvalue weighted by Crippen LogP contribution is -2.25. The molecule has 0 spiro atoms. The fraction of sp³-hybridized carbons (Fsp3) is 0.0741. The lowest BCUT2D eigenvalue weighted by molar-refractivity contribution is -0.137. The van der Waals surface area contributed by atoms with E-state index in [9.17, 15) is 35.2 Å². The van der Waals surface area contributed by atoms with E-state index in [2.05, 4.69) is 14.7 Å². The third kappa shape index (κ3) is 5.33. The van der Waals surface area contributed by atoms with Crippen LogP contribution in [0.4, 0.5) is 33.6 Å². The van der Waals surface area contributed by atoms with Gasteiger partial charge in [-0.1, -0.05) is 18.2 Å². The van der Waals surface area contributed by atoms with E-state index in [0.717, 1.165) is 37.4 Å². The van der Waals surface area contributed by atoms with Crippen molar-refractivity contribution in [2.75, 3.05) is 17.6 Å². The van der Waals surface area contributed by atoms with Gasteiger partial charge in [0.2, 0.25) is 11.8 Å². The molecule has 0 aliphatic rings. The van der Waals surface area contributed by atoms with Gasteiger partial charge in [-0.15, -0.1) is 0 Å². The molecule has 5 rings (SSSR count). The summed E-state index contributed by atoms with van der Waals surface area (Å²) in [5.41, 5.74) is 3.45. The van der Waals surface area contributed by atoms with E-state index in [1.807, 2.05) is 0 Å². The number of aromatic nitrogens is 3. The van der Waals surface area contributed by atoms with Crippen LogP contribution in [0.25, 0.3) is 27.7 Å². The molecule has 3 N–H and O–H groups in total. The summed E-state index contributed by atoms with van der Waals surface area (Å²) < 4.78 is 102. The number of ether oxygens (including phenoxy) is 1. The number of halogens is 5. The van der Waals surface area contributed by atoms with Crippen molar-refractivity contribution in [1.82, 2.24) is 14.5 Å². The minimum atomic E-state index is -4.79. The van der Waals surface area contributed by atoms with Crippen molar-refractivity contribution in [3.63, 3.8) is 0 Å².